The van der Waals surface area contributed by atoms with Gasteiger partial charge >= 0.3 is 5.97 Å². The standard InChI is InChI=1S/C25H19ClN4O3S/c26-16-9-10-21(31)20(14-16)30-23(22(28-25(30)34)18-7-1-2-11-27-18)19-8-4-12-29(19)17-6-3-5-15(13-17)24(32)33/h1-14,22-23,31H,(H,28,34)(H,32,33). The minimum atomic E-state index is -1.00. The SMILES string of the molecule is O=C(O)c1cccc(-n2cccc2C2C(c3ccccn3)NC(=S)N2c2cc(Cl)ccc2O)c1. The topological polar surface area (TPSA) is 90.6 Å². The van der Waals surface area contributed by atoms with E-state index >= 15 is 0 Å². The molecule has 170 valence electrons. The van der Waals surface area contributed by atoms with Crippen LogP contribution in [0.25, 0.3) is 5.69 Å². The van der Waals surface area contributed by atoms with Gasteiger partial charge in [0.25, 0.3) is 0 Å². The predicted octanol–water partition coefficient (Wildman–Crippen LogP) is 5.11. The molecule has 9 heteroatoms. The van der Waals surface area contributed by atoms with E-state index in [2.05, 4.69) is 10.3 Å². The van der Waals surface area contributed by atoms with Crippen molar-refractivity contribution in [1.29, 1.82) is 0 Å². The number of anilines is 1. The van der Waals surface area contributed by atoms with Crippen molar-refractivity contribution >= 4 is 40.6 Å². The van der Waals surface area contributed by atoms with Gasteiger partial charge in [-0.3, -0.25) is 4.98 Å². The zero-order chi connectivity index (χ0) is 23.8. The molecule has 0 spiro atoms. The van der Waals surface area contributed by atoms with Crippen LogP contribution in [-0.4, -0.2) is 30.8 Å². The smallest absolute Gasteiger partial charge is 0.335 e. The minimum Gasteiger partial charge on any atom is -0.506 e. The Bertz CT molecular complexity index is 1390. The van der Waals surface area contributed by atoms with Crippen molar-refractivity contribution in [2.75, 3.05) is 4.90 Å². The van der Waals surface area contributed by atoms with Gasteiger partial charge in [0.15, 0.2) is 5.11 Å². The molecule has 5 rings (SSSR count). The van der Waals surface area contributed by atoms with Crippen molar-refractivity contribution in [3.63, 3.8) is 0 Å². The summed E-state index contributed by atoms with van der Waals surface area (Å²) < 4.78 is 1.91. The molecule has 0 bridgehead atoms. The Labute approximate surface area is 205 Å². The van der Waals surface area contributed by atoms with E-state index in [1.807, 2.05) is 52.1 Å². The average Bonchev–Trinajstić information content (AvgIpc) is 3.45. The number of aromatic hydroxyl groups is 1. The van der Waals surface area contributed by atoms with Crippen LogP contribution in [0.15, 0.2) is 85.2 Å². The van der Waals surface area contributed by atoms with E-state index in [4.69, 9.17) is 23.8 Å². The summed E-state index contributed by atoms with van der Waals surface area (Å²) in [5, 5.41) is 24.4. The number of hydrogen-bond donors (Lipinski definition) is 3. The highest BCUT2D eigenvalue weighted by atomic mass is 35.5. The first kappa shape index (κ1) is 21.9. The molecule has 3 heterocycles. The number of rotatable bonds is 5. The van der Waals surface area contributed by atoms with E-state index in [-0.39, 0.29) is 17.4 Å². The largest absolute Gasteiger partial charge is 0.506 e. The number of aromatic carboxylic acids is 1. The number of pyridine rings is 1. The Morgan fingerprint density at radius 2 is 1.91 bits per heavy atom. The van der Waals surface area contributed by atoms with E-state index in [1.165, 1.54) is 6.07 Å². The maximum absolute atomic E-state index is 11.6. The van der Waals surface area contributed by atoms with Crippen LogP contribution in [0, 0.1) is 0 Å². The molecule has 4 aromatic rings. The number of nitrogens with zero attached hydrogens (tertiary/aromatic N) is 3. The molecule has 0 aliphatic carbocycles. The third-order valence-corrected chi connectivity index (χ3v) is 6.30. The molecule has 0 saturated carbocycles. The number of phenolic OH excluding ortho intramolecular Hbond substituents is 1. The van der Waals surface area contributed by atoms with Crippen LogP contribution in [0.1, 0.15) is 33.8 Å². The highest BCUT2D eigenvalue weighted by molar-refractivity contribution is 7.80. The molecule has 1 aliphatic rings. The molecule has 0 amide bonds. The molecular weight excluding hydrogens is 472 g/mol. The van der Waals surface area contributed by atoms with Gasteiger partial charge < -0.3 is 25.0 Å². The second-order valence-corrected chi connectivity index (χ2v) is 8.61. The van der Waals surface area contributed by atoms with Gasteiger partial charge in [-0.15, -0.1) is 0 Å². The summed E-state index contributed by atoms with van der Waals surface area (Å²) in [6.45, 7) is 0. The molecule has 2 aromatic carbocycles. The van der Waals surface area contributed by atoms with Gasteiger partial charge in [0.05, 0.1) is 23.0 Å². The Kier molecular flexibility index (Phi) is 5.69. The number of aromatic nitrogens is 2. The first-order valence-electron chi connectivity index (χ1n) is 10.4. The lowest BCUT2D eigenvalue weighted by atomic mass is 10.0. The summed E-state index contributed by atoms with van der Waals surface area (Å²) in [6.07, 6.45) is 3.58. The molecule has 1 saturated heterocycles. The maximum atomic E-state index is 11.6. The molecule has 34 heavy (non-hydrogen) atoms. The van der Waals surface area contributed by atoms with Gasteiger partial charge in [0.2, 0.25) is 0 Å². The van der Waals surface area contributed by atoms with Gasteiger partial charge in [-0.05, 0) is 72.9 Å². The number of benzene rings is 2. The zero-order valence-corrected chi connectivity index (χ0v) is 19.2. The number of carboxylic acids is 1. The third-order valence-electron chi connectivity index (χ3n) is 5.75. The number of phenols is 1. The highest BCUT2D eigenvalue weighted by Crippen LogP contribution is 2.45. The van der Waals surface area contributed by atoms with Crippen LogP contribution < -0.4 is 10.2 Å². The average molecular weight is 491 g/mol. The number of carbonyl (C=O) groups is 1. The number of thiocarbonyl (C=S) groups is 1. The second-order valence-electron chi connectivity index (χ2n) is 7.79. The van der Waals surface area contributed by atoms with Crippen LogP contribution in [0.4, 0.5) is 5.69 Å². The van der Waals surface area contributed by atoms with Crippen molar-refractivity contribution < 1.29 is 15.0 Å². The van der Waals surface area contributed by atoms with Crippen molar-refractivity contribution in [2.24, 2.45) is 0 Å². The second kappa shape index (κ2) is 8.81. The van der Waals surface area contributed by atoms with Gasteiger partial charge in [-0.1, -0.05) is 23.7 Å². The molecule has 2 aromatic heterocycles. The first-order chi connectivity index (χ1) is 16.4. The van der Waals surface area contributed by atoms with Gasteiger partial charge in [0, 0.05) is 28.8 Å². The molecule has 2 unspecified atom stereocenters. The van der Waals surface area contributed by atoms with Crippen LogP contribution in [-0.2, 0) is 0 Å². The molecule has 3 N–H and O–H groups in total. The summed E-state index contributed by atoms with van der Waals surface area (Å²) in [5.41, 5.74) is 2.92. The lowest BCUT2D eigenvalue weighted by Crippen LogP contribution is -2.30. The monoisotopic (exact) mass is 490 g/mol. The fourth-order valence-electron chi connectivity index (χ4n) is 4.26. The van der Waals surface area contributed by atoms with Crippen molar-refractivity contribution in [1.82, 2.24) is 14.9 Å². The quantitative estimate of drug-likeness (QED) is 0.335. The summed E-state index contributed by atoms with van der Waals surface area (Å²) in [7, 11) is 0. The lowest BCUT2D eigenvalue weighted by molar-refractivity contribution is 0.0697. The number of hydrogen-bond acceptors (Lipinski definition) is 4. The Morgan fingerprint density at radius 1 is 1.06 bits per heavy atom. The third kappa shape index (κ3) is 3.87. The molecular formula is C25H19ClN4O3S. The zero-order valence-electron chi connectivity index (χ0n) is 17.7. The number of halogens is 1. The summed E-state index contributed by atoms with van der Waals surface area (Å²) in [6, 6.07) is 20.2. The summed E-state index contributed by atoms with van der Waals surface area (Å²) in [4.78, 5) is 17.9. The van der Waals surface area contributed by atoms with Crippen LogP contribution >= 0.6 is 23.8 Å². The lowest BCUT2D eigenvalue weighted by Gasteiger charge is -2.29. The van der Waals surface area contributed by atoms with Crippen molar-refractivity contribution in [3.8, 4) is 11.4 Å². The van der Waals surface area contributed by atoms with Crippen LogP contribution in [0.2, 0.25) is 5.02 Å². The van der Waals surface area contributed by atoms with Crippen LogP contribution in [0.3, 0.4) is 0 Å². The Morgan fingerprint density at radius 3 is 2.68 bits per heavy atom. The van der Waals surface area contributed by atoms with Gasteiger partial charge in [0.1, 0.15) is 11.8 Å². The summed E-state index contributed by atoms with van der Waals surface area (Å²) >= 11 is 12.0. The Balaban J connectivity index is 1.69. The molecule has 0 radical (unpaired) electrons. The number of nitrogens with one attached hydrogen (secondary N) is 1. The predicted molar refractivity (Wildman–Crippen MR) is 134 cm³/mol. The maximum Gasteiger partial charge on any atom is 0.335 e. The van der Waals surface area contributed by atoms with E-state index in [0.29, 0.717) is 21.5 Å². The summed E-state index contributed by atoms with van der Waals surface area (Å²) in [5.74, 6) is -0.970. The van der Waals surface area contributed by atoms with Gasteiger partial charge in [-0.25, -0.2) is 4.79 Å². The fourth-order valence-corrected chi connectivity index (χ4v) is 4.77. The van der Waals surface area contributed by atoms with E-state index in [9.17, 15) is 15.0 Å². The van der Waals surface area contributed by atoms with Crippen molar-refractivity contribution in [3.05, 3.63) is 107 Å². The highest BCUT2D eigenvalue weighted by Gasteiger charge is 2.43. The van der Waals surface area contributed by atoms with E-state index in [1.54, 1.807) is 36.5 Å². The first-order valence-corrected chi connectivity index (χ1v) is 11.2. The normalized spacial score (nSPS) is 17.6. The van der Waals surface area contributed by atoms with Gasteiger partial charge in [-0.2, -0.15) is 0 Å². The van der Waals surface area contributed by atoms with E-state index < -0.39 is 12.0 Å². The molecule has 1 aliphatic heterocycles. The molecule has 7 nitrogen and oxygen atoms in total. The molecule has 1 fully saturated rings. The number of carboxylic acid groups (broad SMARTS) is 1. The molecule has 2 atom stereocenters. The van der Waals surface area contributed by atoms with E-state index in [0.717, 1.165) is 11.4 Å². The Hall–Kier alpha value is -3.88. The van der Waals surface area contributed by atoms with Crippen molar-refractivity contribution in [2.45, 2.75) is 12.1 Å². The fraction of sp³-hybridized carbons (Fsp3) is 0.0800. The minimum absolute atomic E-state index is 0.0335. The van der Waals surface area contributed by atoms with Crippen LogP contribution in [0.5, 0.6) is 5.75 Å².